The van der Waals surface area contributed by atoms with E-state index in [1.807, 2.05) is 24.3 Å². The van der Waals surface area contributed by atoms with E-state index in [0.29, 0.717) is 17.7 Å². The molecule has 1 aliphatic carbocycles. The number of alkyl halides is 3. The second-order valence-electron chi connectivity index (χ2n) is 6.26. The van der Waals surface area contributed by atoms with Crippen LogP contribution in [0, 0.1) is 5.82 Å². The topological polar surface area (TPSA) is 29.1 Å². The summed E-state index contributed by atoms with van der Waals surface area (Å²) in [5.74, 6) is -1.90. The predicted molar refractivity (Wildman–Crippen MR) is 90.7 cm³/mol. The van der Waals surface area contributed by atoms with Crippen LogP contribution < -0.4 is 5.32 Å². The van der Waals surface area contributed by atoms with Crippen LogP contribution in [0.3, 0.4) is 0 Å². The van der Waals surface area contributed by atoms with Gasteiger partial charge in [0.1, 0.15) is 5.82 Å². The summed E-state index contributed by atoms with van der Waals surface area (Å²) in [4.78, 5) is 12.6. The van der Waals surface area contributed by atoms with Crippen molar-refractivity contribution in [3.63, 3.8) is 0 Å². The third-order valence-electron chi connectivity index (χ3n) is 4.65. The number of hydrogen-bond donors (Lipinski definition) is 1. The van der Waals surface area contributed by atoms with Gasteiger partial charge in [-0.15, -0.1) is 0 Å². The highest BCUT2D eigenvalue weighted by molar-refractivity contribution is 6.14. The smallest absolute Gasteiger partial charge is 0.322 e. The normalized spacial score (nSPS) is 13.2. The number of amides is 1. The molecule has 6 heteroatoms. The maximum atomic E-state index is 13.4. The lowest BCUT2D eigenvalue weighted by molar-refractivity contribution is -0.139. The Kier molecular flexibility index (Phi) is 3.72. The molecule has 0 bridgehead atoms. The predicted octanol–water partition coefficient (Wildman–Crippen LogP) is 5.35. The Morgan fingerprint density at radius 2 is 1.69 bits per heavy atom. The fraction of sp³-hybridized carbons (Fsp3) is 0.150. The number of nitrogens with one attached hydrogen (secondary N) is 1. The summed E-state index contributed by atoms with van der Waals surface area (Å²) >= 11 is 0. The number of carbonyl (C=O) groups is 1. The lowest BCUT2D eigenvalue weighted by Gasteiger charge is -2.12. The van der Waals surface area contributed by atoms with Gasteiger partial charge in [-0.3, -0.25) is 4.79 Å². The van der Waals surface area contributed by atoms with E-state index in [9.17, 15) is 22.4 Å². The van der Waals surface area contributed by atoms with Gasteiger partial charge in [0.25, 0.3) is 5.91 Å². The molecule has 1 N–H and O–H groups in total. The van der Waals surface area contributed by atoms with Crippen LogP contribution in [-0.2, 0) is 19.0 Å². The highest BCUT2D eigenvalue weighted by atomic mass is 19.4. The number of aryl methyl sites for hydroxylation is 2. The van der Waals surface area contributed by atoms with Crippen LogP contribution in [0.15, 0.2) is 48.5 Å². The average molecular weight is 359 g/mol. The molecular weight excluding hydrogens is 346 g/mol. The van der Waals surface area contributed by atoms with Crippen LogP contribution in [0.1, 0.15) is 27.0 Å². The molecule has 3 aromatic carbocycles. The highest BCUT2D eigenvalue weighted by Crippen LogP contribution is 2.35. The number of hydrogen-bond acceptors (Lipinski definition) is 1. The van der Waals surface area contributed by atoms with Crippen LogP contribution in [-0.4, -0.2) is 5.91 Å². The Bertz CT molecular complexity index is 1030. The number of halogens is 4. The van der Waals surface area contributed by atoms with Gasteiger partial charge in [0, 0.05) is 11.3 Å². The van der Waals surface area contributed by atoms with Crippen molar-refractivity contribution in [2.24, 2.45) is 0 Å². The molecule has 0 aliphatic heterocycles. The quantitative estimate of drug-likeness (QED) is 0.614. The molecule has 3 aromatic rings. The third-order valence-corrected chi connectivity index (χ3v) is 4.65. The standard InChI is InChI=1S/C20H13F4NO/c21-17-9-7-13(10-16(17)20(22,23)24)25-19(26)15-8-6-12-5-4-11-2-1-3-14(15)18(11)12/h1-3,6-10H,4-5H2,(H,25,26). The second kappa shape index (κ2) is 5.83. The summed E-state index contributed by atoms with van der Waals surface area (Å²) in [7, 11) is 0. The molecule has 4 rings (SSSR count). The Balaban J connectivity index is 1.72. The van der Waals surface area contributed by atoms with Crippen LogP contribution in [0.5, 0.6) is 0 Å². The van der Waals surface area contributed by atoms with Gasteiger partial charge in [0.05, 0.1) is 5.56 Å². The minimum atomic E-state index is -4.83. The van der Waals surface area contributed by atoms with Crippen molar-refractivity contribution in [2.45, 2.75) is 19.0 Å². The summed E-state index contributed by atoms with van der Waals surface area (Å²) in [5.41, 5.74) is 1.19. The molecule has 132 valence electrons. The van der Waals surface area contributed by atoms with E-state index in [1.165, 1.54) is 0 Å². The maximum absolute atomic E-state index is 13.4. The Labute approximate surface area is 146 Å². The largest absolute Gasteiger partial charge is 0.419 e. The van der Waals surface area contributed by atoms with Gasteiger partial charge in [-0.1, -0.05) is 24.3 Å². The molecule has 0 heterocycles. The molecule has 0 fully saturated rings. The zero-order valence-corrected chi connectivity index (χ0v) is 13.5. The molecule has 0 spiro atoms. The monoisotopic (exact) mass is 359 g/mol. The minimum Gasteiger partial charge on any atom is -0.322 e. The summed E-state index contributed by atoms with van der Waals surface area (Å²) < 4.78 is 51.9. The number of anilines is 1. The van der Waals surface area contributed by atoms with Crippen LogP contribution in [0.25, 0.3) is 10.8 Å². The minimum absolute atomic E-state index is 0.105. The van der Waals surface area contributed by atoms with Gasteiger partial charge in [-0.05, 0) is 59.0 Å². The van der Waals surface area contributed by atoms with Crippen LogP contribution in [0.4, 0.5) is 23.2 Å². The molecule has 26 heavy (non-hydrogen) atoms. The molecule has 0 aromatic heterocycles. The van der Waals surface area contributed by atoms with Crippen molar-refractivity contribution in [3.8, 4) is 0 Å². The molecule has 1 aliphatic rings. The van der Waals surface area contributed by atoms with Crippen LogP contribution >= 0.6 is 0 Å². The second-order valence-corrected chi connectivity index (χ2v) is 6.26. The molecule has 1 amide bonds. The zero-order valence-electron chi connectivity index (χ0n) is 13.5. The maximum Gasteiger partial charge on any atom is 0.419 e. The third kappa shape index (κ3) is 2.71. The van der Waals surface area contributed by atoms with Gasteiger partial charge in [0.2, 0.25) is 0 Å². The molecular formula is C20H13F4NO. The van der Waals surface area contributed by atoms with E-state index in [0.717, 1.165) is 40.8 Å². The van der Waals surface area contributed by atoms with Crippen molar-refractivity contribution in [3.05, 3.63) is 76.6 Å². The van der Waals surface area contributed by atoms with Gasteiger partial charge >= 0.3 is 6.18 Å². The number of carbonyl (C=O) groups excluding carboxylic acids is 1. The first-order valence-corrected chi connectivity index (χ1v) is 8.06. The average Bonchev–Trinajstić information content (AvgIpc) is 3.01. The van der Waals surface area contributed by atoms with Gasteiger partial charge < -0.3 is 5.32 Å². The van der Waals surface area contributed by atoms with Gasteiger partial charge in [0.15, 0.2) is 0 Å². The summed E-state index contributed by atoms with van der Waals surface area (Å²) in [6, 6.07) is 11.7. The number of rotatable bonds is 2. The van der Waals surface area contributed by atoms with Crippen molar-refractivity contribution in [1.29, 1.82) is 0 Å². The van der Waals surface area contributed by atoms with Crippen molar-refractivity contribution < 1.29 is 22.4 Å². The van der Waals surface area contributed by atoms with Crippen molar-refractivity contribution >= 4 is 22.4 Å². The van der Waals surface area contributed by atoms with Crippen molar-refractivity contribution in [1.82, 2.24) is 0 Å². The van der Waals surface area contributed by atoms with E-state index < -0.39 is 23.5 Å². The van der Waals surface area contributed by atoms with Crippen molar-refractivity contribution in [2.75, 3.05) is 5.32 Å². The Hall–Kier alpha value is -2.89. The molecule has 0 saturated heterocycles. The highest BCUT2D eigenvalue weighted by Gasteiger charge is 2.34. The fourth-order valence-electron chi connectivity index (χ4n) is 3.46. The lowest BCUT2D eigenvalue weighted by atomic mass is 9.99. The molecule has 0 unspecified atom stereocenters. The van der Waals surface area contributed by atoms with Crippen LogP contribution in [0.2, 0.25) is 0 Å². The summed E-state index contributed by atoms with van der Waals surface area (Å²) in [6.45, 7) is 0. The first-order chi connectivity index (χ1) is 12.3. The fourth-order valence-corrected chi connectivity index (χ4v) is 3.46. The first-order valence-electron chi connectivity index (χ1n) is 8.06. The first kappa shape index (κ1) is 16.6. The summed E-state index contributed by atoms with van der Waals surface area (Å²) in [5, 5.41) is 4.25. The van der Waals surface area contributed by atoms with E-state index in [4.69, 9.17) is 0 Å². The molecule has 0 radical (unpaired) electrons. The molecule has 0 saturated carbocycles. The molecule has 0 atom stereocenters. The van der Waals surface area contributed by atoms with E-state index >= 15 is 0 Å². The zero-order chi connectivity index (χ0) is 18.5. The number of benzene rings is 3. The molecule has 2 nitrogen and oxygen atoms in total. The Morgan fingerprint density at radius 3 is 2.42 bits per heavy atom. The van der Waals surface area contributed by atoms with Gasteiger partial charge in [-0.2, -0.15) is 13.2 Å². The van der Waals surface area contributed by atoms with E-state index in [-0.39, 0.29) is 5.69 Å². The lowest BCUT2D eigenvalue weighted by Crippen LogP contribution is -2.14. The van der Waals surface area contributed by atoms with E-state index in [1.54, 1.807) is 6.07 Å². The van der Waals surface area contributed by atoms with Gasteiger partial charge in [-0.25, -0.2) is 4.39 Å². The summed E-state index contributed by atoms with van der Waals surface area (Å²) in [6.07, 6.45) is -3.01. The van der Waals surface area contributed by atoms with E-state index in [2.05, 4.69) is 5.32 Å². The Morgan fingerprint density at radius 1 is 0.962 bits per heavy atom. The SMILES string of the molecule is O=C(Nc1ccc(F)c(C(F)(F)F)c1)c1ccc2c3c(cccc13)CC2.